The number of carbonyl (C=O) groups excluding carboxylic acids is 1. The topological polar surface area (TPSA) is 81.1 Å². The molecule has 6 nitrogen and oxygen atoms in total. The first-order valence-corrected chi connectivity index (χ1v) is 15.2. The molecular formula is C29H39N3O3S. The van der Waals surface area contributed by atoms with Gasteiger partial charge in [0.2, 0.25) is 0 Å². The van der Waals surface area contributed by atoms with Crippen molar-refractivity contribution in [3.05, 3.63) is 59.4 Å². The number of pyridine rings is 1. The Hall–Kier alpha value is -2.67. The van der Waals surface area contributed by atoms with Gasteiger partial charge in [-0.2, -0.15) is 0 Å². The molecule has 3 aromatic rings. The number of amides is 1. The van der Waals surface area contributed by atoms with Crippen molar-refractivity contribution in [2.24, 2.45) is 5.92 Å². The first kappa shape index (κ1) is 26.4. The number of fused-ring (bicyclic) bond motifs is 1. The third-order valence-electron chi connectivity index (χ3n) is 7.27. The first-order valence-electron chi connectivity index (χ1n) is 13.5. The molecule has 2 saturated carbocycles. The SMILES string of the molecule is CC.CCS(=O)(=O)c1ccc(CNC(=O)c2cnc3c(c2)cc(CC2CCCCC2)n3C2CC2)cc1. The molecule has 0 spiro atoms. The van der Waals surface area contributed by atoms with Crippen molar-refractivity contribution in [1.82, 2.24) is 14.9 Å². The summed E-state index contributed by atoms with van der Waals surface area (Å²) in [6.07, 6.45) is 11.9. The summed E-state index contributed by atoms with van der Waals surface area (Å²) in [5.41, 5.74) is 3.77. The van der Waals surface area contributed by atoms with E-state index in [1.165, 1.54) is 50.6 Å². The van der Waals surface area contributed by atoms with E-state index >= 15 is 0 Å². The van der Waals surface area contributed by atoms with Crippen LogP contribution < -0.4 is 5.32 Å². The van der Waals surface area contributed by atoms with Crippen molar-refractivity contribution in [2.75, 3.05) is 5.75 Å². The Balaban J connectivity index is 0.00000148. The summed E-state index contributed by atoms with van der Waals surface area (Å²) >= 11 is 0. The van der Waals surface area contributed by atoms with Crippen molar-refractivity contribution in [1.29, 1.82) is 0 Å². The number of aromatic nitrogens is 2. The molecule has 0 atom stereocenters. The van der Waals surface area contributed by atoms with Gasteiger partial charge in [-0.25, -0.2) is 13.4 Å². The fourth-order valence-corrected chi connectivity index (χ4v) is 6.03. The van der Waals surface area contributed by atoms with Gasteiger partial charge in [0.1, 0.15) is 5.65 Å². The minimum atomic E-state index is -3.22. The summed E-state index contributed by atoms with van der Waals surface area (Å²) in [5.74, 6) is 0.660. The molecule has 2 heterocycles. The standard InChI is InChI=1S/C27H33N3O3S.C2H6/c1-2-34(32,33)25-12-8-20(9-13-25)17-29-27(31)22-15-21-16-24(14-19-6-4-3-5-7-19)30(23-10-11-23)26(21)28-18-22;1-2/h8-9,12-13,15-16,18-19,23H,2-7,10-11,14,17H2,1H3,(H,29,31);1-2H3. The van der Waals surface area contributed by atoms with Gasteiger partial charge in [0, 0.05) is 29.9 Å². The molecule has 194 valence electrons. The molecule has 0 radical (unpaired) electrons. The van der Waals surface area contributed by atoms with Gasteiger partial charge in [-0.15, -0.1) is 0 Å². The summed E-state index contributed by atoms with van der Waals surface area (Å²) in [6.45, 7) is 5.96. The lowest BCUT2D eigenvalue weighted by atomic mass is 9.86. The number of nitrogens with zero attached hydrogens (tertiary/aromatic N) is 2. The van der Waals surface area contributed by atoms with E-state index in [0.29, 0.717) is 23.0 Å². The molecule has 2 aliphatic carbocycles. The Morgan fingerprint density at radius 2 is 1.72 bits per heavy atom. The van der Waals surface area contributed by atoms with E-state index in [4.69, 9.17) is 4.98 Å². The van der Waals surface area contributed by atoms with Gasteiger partial charge < -0.3 is 9.88 Å². The Morgan fingerprint density at radius 3 is 2.36 bits per heavy atom. The normalized spacial score (nSPS) is 16.4. The fourth-order valence-electron chi connectivity index (χ4n) is 5.14. The van der Waals surface area contributed by atoms with Crippen molar-refractivity contribution in [2.45, 2.75) is 89.6 Å². The van der Waals surface area contributed by atoms with Crippen LogP contribution in [-0.4, -0.2) is 29.6 Å². The Morgan fingerprint density at radius 1 is 1.03 bits per heavy atom. The van der Waals surface area contributed by atoms with Crippen molar-refractivity contribution in [3.8, 4) is 0 Å². The monoisotopic (exact) mass is 509 g/mol. The highest BCUT2D eigenvalue weighted by molar-refractivity contribution is 7.91. The minimum Gasteiger partial charge on any atom is -0.348 e. The molecule has 5 rings (SSSR count). The largest absolute Gasteiger partial charge is 0.348 e. The smallest absolute Gasteiger partial charge is 0.253 e. The van der Waals surface area contributed by atoms with Crippen LogP contribution >= 0.6 is 0 Å². The van der Waals surface area contributed by atoms with Gasteiger partial charge in [-0.05, 0) is 55.0 Å². The van der Waals surface area contributed by atoms with Gasteiger partial charge in [-0.3, -0.25) is 4.79 Å². The van der Waals surface area contributed by atoms with Crippen LogP contribution in [-0.2, 0) is 22.8 Å². The summed E-state index contributed by atoms with van der Waals surface area (Å²) in [5, 5.41) is 3.98. The molecule has 1 amide bonds. The van der Waals surface area contributed by atoms with Gasteiger partial charge in [-0.1, -0.05) is 65.0 Å². The zero-order chi connectivity index (χ0) is 25.7. The first-order chi connectivity index (χ1) is 17.4. The van der Waals surface area contributed by atoms with Crippen LogP contribution in [0.5, 0.6) is 0 Å². The van der Waals surface area contributed by atoms with Crippen LogP contribution in [0.3, 0.4) is 0 Å². The molecule has 36 heavy (non-hydrogen) atoms. The van der Waals surface area contributed by atoms with E-state index in [2.05, 4.69) is 16.0 Å². The maximum Gasteiger partial charge on any atom is 0.253 e. The number of carbonyl (C=O) groups is 1. The number of nitrogens with one attached hydrogen (secondary N) is 1. The molecule has 0 bridgehead atoms. The highest BCUT2D eigenvalue weighted by Crippen LogP contribution is 2.40. The second-order valence-corrected chi connectivity index (χ2v) is 12.1. The minimum absolute atomic E-state index is 0.0728. The van der Waals surface area contributed by atoms with Crippen LogP contribution in [0.25, 0.3) is 11.0 Å². The highest BCUT2D eigenvalue weighted by Gasteiger charge is 2.29. The van der Waals surface area contributed by atoms with Gasteiger partial charge >= 0.3 is 0 Å². The van der Waals surface area contributed by atoms with Gasteiger partial charge in [0.05, 0.1) is 16.2 Å². The maximum atomic E-state index is 12.8. The molecule has 0 saturated heterocycles. The van der Waals surface area contributed by atoms with E-state index in [-0.39, 0.29) is 11.7 Å². The molecule has 1 aromatic carbocycles. The lowest BCUT2D eigenvalue weighted by Gasteiger charge is -2.22. The molecule has 7 heteroatoms. The van der Waals surface area contributed by atoms with Crippen molar-refractivity contribution < 1.29 is 13.2 Å². The molecule has 0 aliphatic heterocycles. The maximum absolute atomic E-state index is 12.8. The zero-order valence-corrected chi connectivity index (χ0v) is 22.6. The van der Waals surface area contributed by atoms with E-state index < -0.39 is 9.84 Å². The predicted molar refractivity (Wildman–Crippen MR) is 145 cm³/mol. The number of benzene rings is 1. The number of rotatable bonds is 8. The summed E-state index contributed by atoms with van der Waals surface area (Å²) in [7, 11) is -3.22. The highest BCUT2D eigenvalue weighted by atomic mass is 32.2. The van der Waals surface area contributed by atoms with Gasteiger partial charge in [0.25, 0.3) is 5.91 Å². The van der Waals surface area contributed by atoms with E-state index in [9.17, 15) is 13.2 Å². The lowest BCUT2D eigenvalue weighted by Crippen LogP contribution is -2.23. The second kappa shape index (κ2) is 11.6. The lowest BCUT2D eigenvalue weighted by molar-refractivity contribution is 0.0950. The Labute approximate surface area is 215 Å². The zero-order valence-electron chi connectivity index (χ0n) is 21.8. The van der Waals surface area contributed by atoms with E-state index in [0.717, 1.165) is 28.9 Å². The summed E-state index contributed by atoms with van der Waals surface area (Å²) in [4.78, 5) is 17.9. The van der Waals surface area contributed by atoms with Crippen LogP contribution in [0, 0.1) is 5.92 Å². The van der Waals surface area contributed by atoms with Crippen LogP contribution in [0.15, 0.2) is 47.5 Å². The fraction of sp³-hybridized carbons (Fsp3) is 0.517. The average molecular weight is 510 g/mol. The number of sulfone groups is 1. The third-order valence-corrected chi connectivity index (χ3v) is 9.02. The summed E-state index contributed by atoms with van der Waals surface area (Å²) in [6, 6.07) is 11.5. The van der Waals surface area contributed by atoms with Crippen LogP contribution in [0.2, 0.25) is 0 Å². The van der Waals surface area contributed by atoms with E-state index in [1.807, 2.05) is 19.9 Å². The molecule has 2 fully saturated rings. The quantitative estimate of drug-likeness (QED) is 0.389. The molecule has 0 unspecified atom stereocenters. The second-order valence-electron chi connectivity index (χ2n) is 9.81. The van der Waals surface area contributed by atoms with E-state index in [1.54, 1.807) is 37.4 Å². The molecule has 2 aliphatic rings. The molecular weight excluding hydrogens is 470 g/mol. The Bertz CT molecular complexity index is 1290. The average Bonchev–Trinajstić information content (AvgIpc) is 3.69. The Kier molecular flexibility index (Phi) is 8.50. The van der Waals surface area contributed by atoms with Crippen molar-refractivity contribution in [3.63, 3.8) is 0 Å². The predicted octanol–water partition coefficient (Wildman–Crippen LogP) is 6.24. The van der Waals surface area contributed by atoms with Crippen LogP contribution in [0.4, 0.5) is 0 Å². The number of hydrogen-bond donors (Lipinski definition) is 1. The van der Waals surface area contributed by atoms with Gasteiger partial charge in [0.15, 0.2) is 9.84 Å². The summed E-state index contributed by atoms with van der Waals surface area (Å²) < 4.78 is 26.4. The number of hydrogen-bond acceptors (Lipinski definition) is 4. The van der Waals surface area contributed by atoms with Crippen molar-refractivity contribution >= 4 is 26.8 Å². The molecule has 1 N–H and O–H groups in total. The van der Waals surface area contributed by atoms with Crippen LogP contribution in [0.1, 0.15) is 93.4 Å². The third kappa shape index (κ3) is 6.00. The molecule has 2 aromatic heterocycles.